The van der Waals surface area contributed by atoms with Crippen LogP contribution in [-0.2, 0) is 0 Å². The highest BCUT2D eigenvalue weighted by Crippen LogP contribution is 2.51. The first-order valence-corrected chi connectivity index (χ1v) is 10.0. The average molecular weight is 366 g/mol. The molecule has 0 spiro atoms. The van der Waals surface area contributed by atoms with E-state index in [9.17, 15) is 4.79 Å². The summed E-state index contributed by atoms with van der Waals surface area (Å²) in [5.41, 5.74) is 3.21. The van der Waals surface area contributed by atoms with Crippen molar-refractivity contribution in [3.63, 3.8) is 0 Å². The van der Waals surface area contributed by atoms with Gasteiger partial charge in [-0.2, -0.15) is 0 Å². The zero-order valence-electron chi connectivity index (χ0n) is 14.7. The van der Waals surface area contributed by atoms with Crippen molar-refractivity contribution in [1.82, 2.24) is 0 Å². The first-order valence-electron chi connectivity index (χ1n) is 9.15. The number of hydrogen-bond donors (Lipinski definition) is 0. The van der Waals surface area contributed by atoms with E-state index in [1.165, 1.54) is 10.5 Å². The van der Waals surface area contributed by atoms with E-state index in [1.807, 2.05) is 24.3 Å². The smallest absolute Gasteiger partial charge is 0.172 e. The van der Waals surface area contributed by atoms with E-state index < -0.39 is 0 Å². The lowest BCUT2D eigenvalue weighted by Gasteiger charge is -2.24. The third-order valence-corrected chi connectivity index (χ3v) is 6.60. The summed E-state index contributed by atoms with van der Waals surface area (Å²) in [6.45, 7) is 0. The van der Waals surface area contributed by atoms with Crippen LogP contribution in [0.4, 0.5) is 0 Å². The fourth-order valence-corrected chi connectivity index (χ4v) is 5.37. The molecule has 0 fully saturated rings. The fraction of sp³-hybridized carbons (Fsp3) is 0.0800. The number of hydrogen-bond acceptors (Lipinski definition) is 2. The Morgan fingerprint density at radius 2 is 1.37 bits per heavy atom. The number of Topliss-reactive ketones (excluding diaryl/α,β-unsaturated/α-hetero) is 1. The molecule has 4 aromatic carbocycles. The molecule has 0 aromatic heterocycles. The minimum Gasteiger partial charge on any atom is -0.293 e. The van der Waals surface area contributed by atoms with E-state index in [-0.39, 0.29) is 17.0 Å². The van der Waals surface area contributed by atoms with Gasteiger partial charge in [0.15, 0.2) is 5.78 Å². The van der Waals surface area contributed by atoms with E-state index in [1.54, 1.807) is 11.8 Å². The predicted octanol–water partition coefficient (Wildman–Crippen LogP) is 6.65. The van der Waals surface area contributed by atoms with Crippen molar-refractivity contribution in [1.29, 1.82) is 0 Å². The number of rotatable bonds is 4. The van der Waals surface area contributed by atoms with Crippen molar-refractivity contribution >= 4 is 28.3 Å². The normalized spacial score (nSPS) is 16.6. The number of carbonyl (C=O) groups excluding carboxylic acids is 1. The molecule has 130 valence electrons. The van der Waals surface area contributed by atoms with Crippen molar-refractivity contribution in [2.75, 3.05) is 0 Å². The van der Waals surface area contributed by atoms with Crippen molar-refractivity contribution in [2.45, 2.75) is 16.1 Å². The van der Waals surface area contributed by atoms with Gasteiger partial charge in [-0.15, -0.1) is 11.8 Å². The Morgan fingerprint density at radius 3 is 2.11 bits per heavy atom. The highest BCUT2D eigenvalue weighted by atomic mass is 32.2. The molecule has 0 amide bonds. The Balaban J connectivity index is 1.67. The maximum absolute atomic E-state index is 13.5. The summed E-state index contributed by atoms with van der Waals surface area (Å²) < 4.78 is 0. The number of benzene rings is 4. The second kappa shape index (κ2) is 6.71. The van der Waals surface area contributed by atoms with Crippen LogP contribution in [-0.4, -0.2) is 5.78 Å². The molecule has 2 atom stereocenters. The van der Waals surface area contributed by atoms with Crippen LogP contribution in [0.2, 0.25) is 0 Å². The molecule has 0 radical (unpaired) electrons. The van der Waals surface area contributed by atoms with Crippen LogP contribution in [0.5, 0.6) is 0 Å². The number of carbonyl (C=O) groups is 1. The minimum absolute atomic E-state index is 0.0408. The van der Waals surface area contributed by atoms with Crippen molar-refractivity contribution in [3.8, 4) is 0 Å². The lowest BCUT2D eigenvalue weighted by atomic mass is 9.91. The van der Waals surface area contributed by atoms with E-state index in [0.717, 1.165) is 21.9 Å². The van der Waals surface area contributed by atoms with Gasteiger partial charge in [-0.05, 0) is 34.0 Å². The molecule has 2 heteroatoms. The van der Waals surface area contributed by atoms with Crippen LogP contribution in [0.25, 0.3) is 10.8 Å². The SMILES string of the molecule is O=C1c2cccc3cccc(c23)[C@H]1[C@@H](Sc1ccccc1)c1ccccc1. The van der Waals surface area contributed by atoms with Gasteiger partial charge in [-0.3, -0.25) is 4.79 Å². The second-order valence-corrected chi connectivity index (χ2v) is 8.07. The van der Waals surface area contributed by atoms with Gasteiger partial charge in [0.1, 0.15) is 0 Å². The van der Waals surface area contributed by atoms with Gasteiger partial charge in [0, 0.05) is 15.7 Å². The molecule has 27 heavy (non-hydrogen) atoms. The molecule has 0 N–H and O–H groups in total. The van der Waals surface area contributed by atoms with Crippen LogP contribution < -0.4 is 0 Å². The molecular weight excluding hydrogens is 348 g/mol. The van der Waals surface area contributed by atoms with Crippen molar-refractivity contribution in [2.24, 2.45) is 0 Å². The van der Waals surface area contributed by atoms with Gasteiger partial charge >= 0.3 is 0 Å². The van der Waals surface area contributed by atoms with Crippen LogP contribution in [0.15, 0.2) is 102 Å². The predicted molar refractivity (Wildman–Crippen MR) is 113 cm³/mol. The molecule has 1 aliphatic rings. The Hall–Kier alpha value is -2.84. The van der Waals surface area contributed by atoms with Crippen LogP contribution in [0, 0.1) is 0 Å². The zero-order chi connectivity index (χ0) is 18.2. The molecular formula is C25H18OS. The zero-order valence-corrected chi connectivity index (χ0v) is 15.5. The highest BCUT2D eigenvalue weighted by molar-refractivity contribution is 7.99. The third-order valence-electron chi connectivity index (χ3n) is 5.26. The Morgan fingerprint density at radius 1 is 0.704 bits per heavy atom. The van der Waals surface area contributed by atoms with Crippen LogP contribution >= 0.6 is 11.8 Å². The van der Waals surface area contributed by atoms with Gasteiger partial charge in [-0.25, -0.2) is 0 Å². The molecule has 5 rings (SSSR count). The highest BCUT2D eigenvalue weighted by Gasteiger charge is 2.39. The molecule has 1 nitrogen and oxygen atoms in total. The molecule has 4 aromatic rings. The van der Waals surface area contributed by atoms with Crippen molar-refractivity contribution in [3.05, 3.63) is 114 Å². The monoisotopic (exact) mass is 366 g/mol. The Kier molecular flexibility index (Phi) is 4.06. The Labute approximate surface area is 163 Å². The Bertz CT molecular complexity index is 1110. The summed E-state index contributed by atoms with van der Waals surface area (Å²) in [5.74, 6) is 0.0674. The summed E-state index contributed by atoms with van der Waals surface area (Å²) in [5, 5.41) is 2.32. The summed E-state index contributed by atoms with van der Waals surface area (Å²) in [4.78, 5) is 14.7. The maximum Gasteiger partial charge on any atom is 0.172 e. The maximum atomic E-state index is 13.5. The summed E-state index contributed by atoms with van der Waals surface area (Å²) in [6, 6.07) is 33.1. The molecule has 0 heterocycles. The summed E-state index contributed by atoms with van der Waals surface area (Å²) in [6.07, 6.45) is 0. The van der Waals surface area contributed by atoms with Gasteiger partial charge in [-0.1, -0.05) is 84.9 Å². The summed E-state index contributed by atoms with van der Waals surface area (Å²) >= 11 is 1.78. The summed E-state index contributed by atoms with van der Waals surface area (Å²) in [7, 11) is 0. The van der Waals surface area contributed by atoms with Crippen LogP contribution in [0.3, 0.4) is 0 Å². The van der Waals surface area contributed by atoms with Crippen LogP contribution in [0.1, 0.15) is 32.7 Å². The van der Waals surface area contributed by atoms with E-state index in [2.05, 4.69) is 72.8 Å². The largest absolute Gasteiger partial charge is 0.293 e. The molecule has 0 bridgehead atoms. The third kappa shape index (κ3) is 2.77. The minimum atomic E-state index is -0.168. The standard InChI is InChI=1S/C25H18OS/c26-24-21-16-8-12-17-11-7-15-20(22(17)21)23(24)25(18-9-3-1-4-10-18)27-19-13-5-2-6-14-19/h1-16,23,25H/t23-,25+/m1/s1. The molecule has 0 unspecified atom stereocenters. The molecule has 0 saturated heterocycles. The van der Waals surface area contributed by atoms with Gasteiger partial charge in [0.25, 0.3) is 0 Å². The molecule has 0 aliphatic heterocycles. The fourth-order valence-electron chi connectivity index (χ4n) is 4.06. The van der Waals surface area contributed by atoms with Crippen molar-refractivity contribution < 1.29 is 4.79 Å². The number of thioether (sulfide) groups is 1. The molecule has 1 aliphatic carbocycles. The van der Waals surface area contributed by atoms with E-state index >= 15 is 0 Å². The average Bonchev–Trinajstić information content (AvgIpc) is 3.02. The molecule has 0 saturated carbocycles. The second-order valence-electron chi connectivity index (χ2n) is 6.86. The van der Waals surface area contributed by atoms with E-state index in [0.29, 0.717) is 0 Å². The topological polar surface area (TPSA) is 17.1 Å². The lowest BCUT2D eigenvalue weighted by Crippen LogP contribution is -2.14. The number of ketones is 1. The first kappa shape index (κ1) is 16.3. The first-order chi connectivity index (χ1) is 13.3. The quantitative estimate of drug-likeness (QED) is 0.376. The lowest BCUT2D eigenvalue weighted by molar-refractivity contribution is 0.0966. The van der Waals surface area contributed by atoms with E-state index in [4.69, 9.17) is 0 Å². The van der Waals surface area contributed by atoms with Gasteiger partial charge < -0.3 is 0 Å². The van der Waals surface area contributed by atoms with Gasteiger partial charge in [0.05, 0.1) is 5.92 Å². The van der Waals surface area contributed by atoms with Gasteiger partial charge in [0.2, 0.25) is 0 Å².